The number of rotatable bonds is 4. The van der Waals surface area contributed by atoms with E-state index in [0.29, 0.717) is 12.3 Å². The SMILES string of the molecule is CNC(=O)NC(CC(C)C)NC(=O)OC(C)(C)C. The van der Waals surface area contributed by atoms with Gasteiger partial charge in [-0.15, -0.1) is 0 Å². The molecule has 0 saturated carbocycles. The molecule has 6 heteroatoms. The van der Waals surface area contributed by atoms with E-state index in [1.54, 1.807) is 20.8 Å². The smallest absolute Gasteiger partial charge is 0.409 e. The fraction of sp³-hybridized carbons (Fsp3) is 0.833. The topological polar surface area (TPSA) is 79.5 Å². The van der Waals surface area contributed by atoms with Gasteiger partial charge in [-0.05, 0) is 33.1 Å². The van der Waals surface area contributed by atoms with Gasteiger partial charge in [0.05, 0.1) is 0 Å². The predicted octanol–water partition coefficient (Wildman–Crippen LogP) is 1.81. The van der Waals surface area contributed by atoms with E-state index in [4.69, 9.17) is 4.74 Å². The van der Waals surface area contributed by atoms with Gasteiger partial charge >= 0.3 is 12.1 Å². The Morgan fingerprint density at radius 3 is 2.11 bits per heavy atom. The second kappa shape index (κ2) is 7.08. The van der Waals surface area contributed by atoms with Crippen LogP contribution in [0.25, 0.3) is 0 Å². The number of carbonyl (C=O) groups is 2. The third-order valence-electron chi connectivity index (χ3n) is 1.93. The molecule has 1 atom stereocenters. The molecule has 6 nitrogen and oxygen atoms in total. The molecule has 0 aliphatic heterocycles. The summed E-state index contributed by atoms with van der Waals surface area (Å²) in [7, 11) is 1.52. The first kappa shape index (κ1) is 16.5. The second-order valence-electron chi connectivity index (χ2n) is 5.55. The van der Waals surface area contributed by atoms with E-state index in [-0.39, 0.29) is 6.03 Å². The molecule has 0 aliphatic rings. The van der Waals surface area contributed by atoms with Crippen molar-refractivity contribution in [3.05, 3.63) is 0 Å². The summed E-state index contributed by atoms with van der Waals surface area (Å²) in [4.78, 5) is 22.9. The third-order valence-corrected chi connectivity index (χ3v) is 1.93. The van der Waals surface area contributed by atoms with Crippen molar-refractivity contribution in [3.63, 3.8) is 0 Å². The highest BCUT2D eigenvalue weighted by Crippen LogP contribution is 2.08. The zero-order valence-electron chi connectivity index (χ0n) is 12.1. The molecule has 0 fully saturated rings. The maximum absolute atomic E-state index is 11.6. The zero-order valence-corrected chi connectivity index (χ0v) is 12.1. The average Bonchev–Trinajstić information content (AvgIpc) is 2.12. The highest BCUT2D eigenvalue weighted by molar-refractivity contribution is 5.75. The molecule has 18 heavy (non-hydrogen) atoms. The molecular formula is C12H25N3O3. The quantitative estimate of drug-likeness (QED) is 0.674. The molecule has 0 aromatic rings. The van der Waals surface area contributed by atoms with Crippen LogP contribution < -0.4 is 16.0 Å². The Kier molecular flexibility index (Phi) is 6.51. The van der Waals surface area contributed by atoms with Gasteiger partial charge in [0.15, 0.2) is 0 Å². The summed E-state index contributed by atoms with van der Waals surface area (Å²) in [6, 6.07) is -0.336. The summed E-state index contributed by atoms with van der Waals surface area (Å²) < 4.78 is 5.14. The number of amides is 3. The maximum Gasteiger partial charge on any atom is 0.409 e. The van der Waals surface area contributed by atoms with Gasteiger partial charge in [0, 0.05) is 7.05 Å². The fourth-order valence-electron chi connectivity index (χ4n) is 1.31. The van der Waals surface area contributed by atoms with E-state index in [9.17, 15) is 9.59 Å². The summed E-state index contributed by atoms with van der Waals surface area (Å²) in [5.41, 5.74) is -0.556. The van der Waals surface area contributed by atoms with Crippen LogP contribution in [0.1, 0.15) is 41.0 Å². The van der Waals surface area contributed by atoms with E-state index < -0.39 is 17.9 Å². The Morgan fingerprint density at radius 2 is 1.72 bits per heavy atom. The Hall–Kier alpha value is -1.46. The number of ether oxygens (including phenoxy) is 1. The van der Waals surface area contributed by atoms with Crippen molar-refractivity contribution in [2.45, 2.75) is 52.8 Å². The Morgan fingerprint density at radius 1 is 1.17 bits per heavy atom. The Labute approximate surface area is 109 Å². The van der Waals surface area contributed by atoms with Gasteiger partial charge in [-0.2, -0.15) is 0 Å². The molecule has 106 valence electrons. The minimum absolute atomic E-state index is 0.335. The number of urea groups is 1. The number of hydrogen-bond acceptors (Lipinski definition) is 3. The first-order chi connectivity index (χ1) is 8.14. The molecule has 0 spiro atoms. The van der Waals surface area contributed by atoms with Crippen molar-refractivity contribution >= 4 is 12.1 Å². The summed E-state index contributed by atoms with van der Waals surface area (Å²) in [5, 5.41) is 7.74. The van der Waals surface area contributed by atoms with Crippen LogP contribution >= 0.6 is 0 Å². The van der Waals surface area contributed by atoms with E-state index in [1.807, 2.05) is 13.8 Å². The number of nitrogens with one attached hydrogen (secondary N) is 3. The average molecular weight is 259 g/mol. The molecule has 0 rings (SSSR count). The molecule has 0 saturated heterocycles. The lowest BCUT2D eigenvalue weighted by molar-refractivity contribution is 0.0492. The van der Waals surface area contributed by atoms with Gasteiger partial charge in [0.1, 0.15) is 11.8 Å². The van der Waals surface area contributed by atoms with Crippen LogP contribution in [0.2, 0.25) is 0 Å². The minimum atomic E-state index is -0.556. The summed E-state index contributed by atoms with van der Waals surface area (Å²) in [6.45, 7) is 9.38. The first-order valence-electron chi connectivity index (χ1n) is 6.12. The summed E-state index contributed by atoms with van der Waals surface area (Å²) in [6.07, 6.45) is -0.350. The second-order valence-corrected chi connectivity index (χ2v) is 5.55. The van der Waals surface area contributed by atoms with Gasteiger partial charge in [-0.1, -0.05) is 13.8 Å². The number of hydrogen-bond donors (Lipinski definition) is 3. The van der Waals surface area contributed by atoms with Crippen LogP contribution in [-0.4, -0.2) is 30.9 Å². The van der Waals surface area contributed by atoms with Crippen LogP contribution in [0, 0.1) is 5.92 Å². The fourth-order valence-corrected chi connectivity index (χ4v) is 1.31. The van der Waals surface area contributed by atoms with Crippen LogP contribution in [0.3, 0.4) is 0 Å². The van der Waals surface area contributed by atoms with Gasteiger partial charge in [-0.3, -0.25) is 0 Å². The van der Waals surface area contributed by atoms with Crippen molar-refractivity contribution in [3.8, 4) is 0 Å². The molecule has 0 radical (unpaired) electrons. The number of carbonyl (C=O) groups excluding carboxylic acids is 2. The van der Waals surface area contributed by atoms with Gasteiger partial charge in [-0.25, -0.2) is 9.59 Å². The zero-order chi connectivity index (χ0) is 14.3. The molecule has 0 bridgehead atoms. The number of alkyl carbamates (subject to hydrolysis) is 1. The van der Waals surface area contributed by atoms with Gasteiger partial charge in [0.25, 0.3) is 0 Å². The molecule has 0 aliphatic carbocycles. The monoisotopic (exact) mass is 259 g/mol. The lowest BCUT2D eigenvalue weighted by Gasteiger charge is -2.25. The molecule has 1 unspecified atom stereocenters. The van der Waals surface area contributed by atoms with E-state index in [2.05, 4.69) is 16.0 Å². The molecule has 3 amide bonds. The molecular weight excluding hydrogens is 234 g/mol. The lowest BCUT2D eigenvalue weighted by atomic mass is 10.1. The highest BCUT2D eigenvalue weighted by atomic mass is 16.6. The first-order valence-corrected chi connectivity index (χ1v) is 6.12. The van der Waals surface area contributed by atoms with Crippen molar-refractivity contribution in [1.29, 1.82) is 0 Å². The Bertz CT molecular complexity index is 285. The van der Waals surface area contributed by atoms with Crippen molar-refractivity contribution in [2.75, 3.05) is 7.05 Å². The van der Waals surface area contributed by atoms with E-state index in [0.717, 1.165) is 0 Å². The van der Waals surface area contributed by atoms with Gasteiger partial charge < -0.3 is 20.7 Å². The van der Waals surface area contributed by atoms with Crippen molar-refractivity contribution < 1.29 is 14.3 Å². The van der Waals surface area contributed by atoms with Crippen LogP contribution in [0.5, 0.6) is 0 Å². The van der Waals surface area contributed by atoms with Crippen LogP contribution in [0.15, 0.2) is 0 Å². The summed E-state index contributed by atoms with van der Waals surface area (Å²) in [5.74, 6) is 0.335. The van der Waals surface area contributed by atoms with E-state index in [1.165, 1.54) is 7.05 Å². The molecule has 0 aromatic carbocycles. The standard InChI is InChI=1S/C12H25N3O3/c1-8(2)7-9(14-10(16)13-6)15-11(17)18-12(3,4)5/h8-9H,7H2,1-6H3,(H,15,17)(H2,13,14,16). The third kappa shape index (κ3) is 8.66. The highest BCUT2D eigenvalue weighted by Gasteiger charge is 2.20. The predicted molar refractivity (Wildman–Crippen MR) is 70.2 cm³/mol. The summed E-state index contributed by atoms with van der Waals surface area (Å²) >= 11 is 0. The van der Waals surface area contributed by atoms with Crippen molar-refractivity contribution in [2.24, 2.45) is 5.92 Å². The maximum atomic E-state index is 11.6. The van der Waals surface area contributed by atoms with E-state index >= 15 is 0 Å². The van der Waals surface area contributed by atoms with Crippen LogP contribution in [-0.2, 0) is 4.74 Å². The largest absolute Gasteiger partial charge is 0.444 e. The minimum Gasteiger partial charge on any atom is -0.444 e. The van der Waals surface area contributed by atoms with Crippen LogP contribution in [0.4, 0.5) is 9.59 Å². The van der Waals surface area contributed by atoms with Crippen molar-refractivity contribution in [1.82, 2.24) is 16.0 Å². The van der Waals surface area contributed by atoms with Gasteiger partial charge in [0.2, 0.25) is 0 Å². The molecule has 3 N–H and O–H groups in total. The lowest BCUT2D eigenvalue weighted by Crippen LogP contribution is -2.52. The molecule has 0 heterocycles. The Balaban J connectivity index is 4.39. The normalized spacial score (nSPS) is 12.8. The molecule has 0 aromatic heterocycles.